The molecule has 7 heteroatoms. The number of carbonyl (C=O) groups is 2. The van der Waals surface area contributed by atoms with Crippen molar-refractivity contribution in [3.05, 3.63) is 77.8 Å². The summed E-state index contributed by atoms with van der Waals surface area (Å²) in [5, 5.41) is 5.63. The minimum Gasteiger partial charge on any atom is -0.451 e. The minimum absolute atomic E-state index is 0.0685. The highest BCUT2D eigenvalue weighted by molar-refractivity contribution is 6.03. The standard InChI is InChI=1S/C24H26FN3O3/c1-3-28(4-2)16-15-26-23(29)17-9-11-18(12-10-17)27-24(30)22-14-13-21(31-22)19-7-5-6-8-20(19)25/h5-14H,3-4,15-16H2,1-2H3,(H,26,29)(H,27,30)/p+1. The van der Waals surface area contributed by atoms with Crippen LogP contribution >= 0.6 is 0 Å². The highest BCUT2D eigenvalue weighted by Crippen LogP contribution is 2.25. The van der Waals surface area contributed by atoms with Crippen LogP contribution in [0.1, 0.15) is 34.8 Å². The van der Waals surface area contributed by atoms with Gasteiger partial charge in [0, 0.05) is 11.3 Å². The molecule has 0 fully saturated rings. The van der Waals surface area contributed by atoms with Crippen LogP contribution in [0.5, 0.6) is 0 Å². The molecular formula is C24H27FN3O3+. The number of hydrogen-bond donors (Lipinski definition) is 3. The van der Waals surface area contributed by atoms with Gasteiger partial charge < -0.3 is 20.0 Å². The van der Waals surface area contributed by atoms with Crippen molar-refractivity contribution < 1.29 is 23.3 Å². The Labute approximate surface area is 181 Å². The number of carbonyl (C=O) groups excluding carboxylic acids is 2. The predicted molar refractivity (Wildman–Crippen MR) is 118 cm³/mol. The van der Waals surface area contributed by atoms with Crippen molar-refractivity contribution in [3.63, 3.8) is 0 Å². The lowest BCUT2D eigenvalue weighted by atomic mass is 10.1. The summed E-state index contributed by atoms with van der Waals surface area (Å²) in [6, 6.07) is 15.9. The summed E-state index contributed by atoms with van der Waals surface area (Å²) in [4.78, 5) is 26.1. The molecule has 3 aromatic rings. The Kier molecular flexibility index (Phi) is 7.56. The molecule has 0 saturated carbocycles. The summed E-state index contributed by atoms with van der Waals surface area (Å²) < 4.78 is 19.4. The summed E-state index contributed by atoms with van der Waals surface area (Å²) in [5.41, 5.74) is 1.34. The van der Waals surface area contributed by atoms with E-state index in [1.165, 1.54) is 17.0 Å². The zero-order chi connectivity index (χ0) is 22.2. The third-order valence-electron chi connectivity index (χ3n) is 5.14. The summed E-state index contributed by atoms with van der Waals surface area (Å²) in [6.07, 6.45) is 0. The molecular weight excluding hydrogens is 397 g/mol. The zero-order valence-electron chi connectivity index (χ0n) is 17.7. The molecule has 31 heavy (non-hydrogen) atoms. The molecule has 0 radical (unpaired) electrons. The first-order valence-corrected chi connectivity index (χ1v) is 10.4. The average molecular weight is 424 g/mol. The van der Waals surface area contributed by atoms with Gasteiger partial charge in [0.15, 0.2) is 5.76 Å². The second-order valence-corrected chi connectivity index (χ2v) is 7.14. The molecule has 0 atom stereocenters. The summed E-state index contributed by atoms with van der Waals surface area (Å²) >= 11 is 0. The van der Waals surface area contributed by atoms with Gasteiger partial charge in [0.05, 0.1) is 31.7 Å². The van der Waals surface area contributed by atoms with Crippen LogP contribution in [0, 0.1) is 5.82 Å². The largest absolute Gasteiger partial charge is 0.451 e. The van der Waals surface area contributed by atoms with Gasteiger partial charge in [-0.25, -0.2) is 4.39 Å². The topological polar surface area (TPSA) is 75.8 Å². The van der Waals surface area contributed by atoms with Crippen LogP contribution in [0.2, 0.25) is 0 Å². The van der Waals surface area contributed by atoms with Crippen LogP contribution in [0.4, 0.5) is 10.1 Å². The van der Waals surface area contributed by atoms with E-state index in [-0.39, 0.29) is 17.4 Å². The van der Waals surface area contributed by atoms with Crippen LogP contribution < -0.4 is 15.5 Å². The van der Waals surface area contributed by atoms with E-state index in [4.69, 9.17) is 4.42 Å². The molecule has 1 aromatic heterocycles. The summed E-state index contributed by atoms with van der Waals surface area (Å²) in [7, 11) is 0. The van der Waals surface area contributed by atoms with Crippen molar-refractivity contribution in [2.24, 2.45) is 0 Å². The van der Waals surface area contributed by atoms with Crippen LogP contribution in [0.25, 0.3) is 11.3 Å². The molecule has 2 amide bonds. The number of anilines is 1. The van der Waals surface area contributed by atoms with Crippen LogP contribution in [-0.4, -0.2) is 38.0 Å². The number of likely N-dealkylation sites (N-methyl/N-ethyl adjacent to an activating group) is 1. The van der Waals surface area contributed by atoms with Gasteiger partial charge in [-0.3, -0.25) is 9.59 Å². The lowest BCUT2D eigenvalue weighted by Crippen LogP contribution is -3.12. The maximum atomic E-state index is 13.9. The van der Waals surface area contributed by atoms with E-state index in [1.807, 2.05) is 0 Å². The van der Waals surface area contributed by atoms with Gasteiger partial charge in [0.2, 0.25) is 0 Å². The van der Waals surface area contributed by atoms with Gasteiger partial charge in [0.25, 0.3) is 11.8 Å². The van der Waals surface area contributed by atoms with E-state index in [0.29, 0.717) is 23.4 Å². The lowest BCUT2D eigenvalue weighted by molar-refractivity contribution is -0.895. The number of benzene rings is 2. The number of halogens is 1. The number of hydrogen-bond acceptors (Lipinski definition) is 3. The van der Waals surface area contributed by atoms with Crippen LogP contribution in [-0.2, 0) is 0 Å². The van der Waals surface area contributed by atoms with Crippen molar-refractivity contribution in [2.45, 2.75) is 13.8 Å². The van der Waals surface area contributed by atoms with Crippen molar-refractivity contribution in [1.82, 2.24) is 5.32 Å². The highest BCUT2D eigenvalue weighted by atomic mass is 19.1. The van der Waals surface area contributed by atoms with Crippen LogP contribution in [0.15, 0.2) is 65.1 Å². The predicted octanol–water partition coefficient (Wildman–Crippen LogP) is 2.99. The number of rotatable bonds is 9. The molecule has 6 nitrogen and oxygen atoms in total. The Morgan fingerprint density at radius 2 is 1.65 bits per heavy atom. The minimum atomic E-state index is -0.456. The Balaban J connectivity index is 1.57. The quantitative estimate of drug-likeness (QED) is 0.494. The first-order chi connectivity index (χ1) is 15.0. The molecule has 3 N–H and O–H groups in total. The fourth-order valence-corrected chi connectivity index (χ4v) is 3.22. The average Bonchev–Trinajstić information content (AvgIpc) is 3.27. The third-order valence-corrected chi connectivity index (χ3v) is 5.14. The SMILES string of the molecule is CC[NH+](CC)CCNC(=O)c1ccc(NC(=O)c2ccc(-c3ccccc3F)o2)cc1. The highest BCUT2D eigenvalue weighted by Gasteiger charge is 2.15. The van der Waals surface area contributed by atoms with Gasteiger partial charge in [-0.05, 0) is 62.4 Å². The van der Waals surface area contributed by atoms with Crippen molar-refractivity contribution >= 4 is 17.5 Å². The maximum absolute atomic E-state index is 13.9. The summed E-state index contributed by atoms with van der Waals surface area (Å²) in [5.74, 6) is -0.677. The smallest absolute Gasteiger partial charge is 0.291 e. The van der Waals surface area contributed by atoms with Gasteiger partial charge in [-0.15, -0.1) is 0 Å². The number of quaternary nitrogens is 1. The Morgan fingerprint density at radius 1 is 0.935 bits per heavy atom. The number of nitrogens with one attached hydrogen (secondary N) is 3. The Bertz CT molecular complexity index is 1030. The molecule has 0 aliphatic heterocycles. The van der Waals surface area contributed by atoms with Crippen molar-refractivity contribution in [3.8, 4) is 11.3 Å². The van der Waals surface area contributed by atoms with Crippen LogP contribution in [0.3, 0.4) is 0 Å². The normalized spacial score (nSPS) is 10.8. The molecule has 2 aromatic carbocycles. The first-order valence-electron chi connectivity index (χ1n) is 10.4. The van der Waals surface area contributed by atoms with Gasteiger partial charge in [-0.2, -0.15) is 0 Å². The van der Waals surface area contributed by atoms with E-state index in [9.17, 15) is 14.0 Å². The molecule has 0 bridgehead atoms. The fourth-order valence-electron chi connectivity index (χ4n) is 3.22. The van der Waals surface area contributed by atoms with E-state index >= 15 is 0 Å². The van der Waals surface area contributed by atoms with Crippen molar-refractivity contribution in [1.29, 1.82) is 0 Å². The van der Waals surface area contributed by atoms with Gasteiger partial charge in [-0.1, -0.05) is 12.1 Å². The van der Waals surface area contributed by atoms with E-state index in [1.54, 1.807) is 48.5 Å². The molecule has 0 aliphatic carbocycles. The number of furan rings is 1. The van der Waals surface area contributed by atoms with E-state index < -0.39 is 11.7 Å². The molecule has 0 aliphatic rings. The lowest BCUT2D eigenvalue weighted by Gasteiger charge is -2.15. The molecule has 0 spiro atoms. The molecule has 162 valence electrons. The summed E-state index contributed by atoms with van der Waals surface area (Å²) in [6.45, 7) is 7.78. The zero-order valence-corrected chi connectivity index (χ0v) is 17.7. The molecule has 0 saturated heterocycles. The van der Waals surface area contributed by atoms with Gasteiger partial charge in [0.1, 0.15) is 11.6 Å². The van der Waals surface area contributed by atoms with Gasteiger partial charge >= 0.3 is 0 Å². The maximum Gasteiger partial charge on any atom is 0.291 e. The Hall–Kier alpha value is -3.45. The molecule has 0 unspecified atom stereocenters. The second-order valence-electron chi connectivity index (χ2n) is 7.14. The number of amides is 2. The first kappa shape index (κ1) is 22.2. The monoisotopic (exact) mass is 424 g/mol. The van der Waals surface area contributed by atoms with Crippen molar-refractivity contribution in [2.75, 3.05) is 31.5 Å². The second kappa shape index (κ2) is 10.5. The Morgan fingerprint density at radius 3 is 2.32 bits per heavy atom. The molecule has 1 heterocycles. The fraction of sp³-hybridized carbons (Fsp3) is 0.250. The van der Waals surface area contributed by atoms with E-state index in [0.717, 1.165) is 19.6 Å². The van der Waals surface area contributed by atoms with E-state index in [2.05, 4.69) is 24.5 Å². The third kappa shape index (κ3) is 5.79. The molecule has 3 rings (SSSR count).